The molecule has 1 aromatic carbocycles. The highest BCUT2D eigenvalue weighted by atomic mass is 16.5. The molecule has 2 fully saturated rings. The van der Waals surface area contributed by atoms with Gasteiger partial charge in [-0.1, -0.05) is 24.3 Å². The molecule has 2 aliphatic heterocycles. The van der Waals surface area contributed by atoms with Crippen LogP contribution < -0.4 is 5.32 Å². The van der Waals surface area contributed by atoms with Crippen LogP contribution in [0.5, 0.6) is 0 Å². The largest absolute Gasteiger partial charge is 0.380 e. The standard InChI is InChI=1S/C16H23NO2/c1-18-10-12-4-2-3-5-13(12)11-19-16-8-14-6-7-15(9-16)17-14/h2-5,14-17H,6-11H2,1H3/t14-,15+,16?. The van der Waals surface area contributed by atoms with Crippen molar-refractivity contribution in [2.45, 2.75) is 57.1 Å². The summed E-state index contributed by atoms with van der Waals surface area (Å²) in [5, 5.41) is 3.65. The fourth-order valence-corrected chi connectivity index (χ4v) is 3.34. The lowest BCUT2D eigenvalue weighted by Gasteiger charge is -2.29. The quantitative estimate of drug-likeness (QED) is 0.884. The van der Waals surface area contributed by atoms with Gasteiger partial charge in [-0.05, 0) is 36.8 Å². The summed E-state index contributed by atoms with van der Waals surface area (Å²) >= 11 is 0. The predicted octanol–water partition coefficient (Wildman–Crippen LogP) is 2.63. The van der Waals surface area contributed by atoms with Gasteiger partial charge in [0, 0.05) is 19.2 Å². The van der Waals surface area contributed by atoms with Crippen LogP contribution in [-0.2, 0) is 22.7 Å². The zero-order valence-corrected chi connectivity index (χ0v) is 11.6. The summed E-state index contributed by atoms with van der Waals surface area (Å²) in [5.74, 6) is 0. The molecule has 3 nitrogen and oxygen atoms in total. The zero-order valence-electron chi connectivity index (χ0n) is 11.6. The molecule has 3 heteroatoms. The third-order valence-electron chi connectivity index (χ3n) is 4.32. The van der Waals surface area contributed by atoms with Crippen molar-refractivity contribution >= 4 is 0 Å². The van der Waals surface area contributed by atoms with Crippen LogP contribution in [0.3, 0.4) is 0 Å². The van der Waals surface area contributed by atoms with Crippen molar-refractivity contribution in [3.63, 3.8) is 0 Å². The molecule has 0 radical (unpaired) electrons. The van der Waals surface area contributed by atoms with Gasteiger partial charge in [0.15, 0.2) is 0 Å². The summed E-state index contributed by atoms with van der Waals surface area (Å²) in [6.07, 6.45) is 5.41. The Morgan fingerprint density at radius 1 is 1.05 bits per heavy atom. The van der Waals surface area contributed by atoms with Crippen LogP contribution in [0.25, 0.3) is 0 Å². The maximum atomic E-state index is 6.14. The summed E-state index contributed by atoms with van der Waals surface area (Å²) in [5.41, 5.74) is 2.50. The smallest absolute Gasteiger partial charge is 0.0724 e. The first kappa shape index (κ1) is 13.1. The molecule has 0 amide bonds. The number of ether oxygens (including phenoxy) is 2. The van der Waals surface area contributed by atoms with Crippen LogP contribution >= 0.6 is 0 Å². The van der Waals surface area contributed by atoms with Gasteiger partial charge in [0.1, 0.15) is 0 Å². The number of hydrogen-bond acceptors (Lipinski definition) is 3. The van der Waals surface area contributed by atoms with Crippen molar-refractivity contribution in [2.24, 2.45) is 0 Å². The van der Waals surface area contributed by atoms with Crippen molar-refractivity contribution < 1.29 is 9.47 Å². The molecule has 0 aliphatic carbocycles. The van der Waals surface area contributed by atoms with E-state index in [0.717, 1.165) is 0 Å². The molecule has 0 saturated carbocycles. The Labute approximate surface area is 115 Å². The van der Waals surface area contributed by atoms with Gasteiger partial charge in [-0.25, -0.2) is 0 Å². The van der Waals surface area contributed by atoms with Crippen molar-refractivity contribution in [3.8, 4) is 0 Å². The Morgan fingerprint density at radius 2 is 1.68 bits per heavy atom. The average molecular weight is 261 g/mol. The second-order valence-electron chi connectivity index (χ2n) is 5.74. The molecule has 2 saturated heterocycles. The zero-order chi connectivity index (χ0) is 13.1. The van der Waals surface area contributed by atoms with Gasteiger partial charge in [0.05, 0.1) is 19.3 Å². The number of nitrogens with one attached hydrogen (secondary N) is 1. The lowest BCUT2D eigenvalue weighted by Crippen LogP contribution is -2.41. The Hall–Kier alpha value is -0.900. The Bertz CT molecular complexity index is 409. The number of methoxy groups -OCH3 is 1. The van der Waals surface area contributed by atoms with Crippen molar-refractivity contribution in [1.29, 1.82) is 0 Å². The lowest BCUT2D eigenvalue weighted by atomic mass is 10.0. The first-order valence-electron chi connectivity index (χ1n) is 7.28. The second kappa shape index (κ2) is 6.04. The van der Waals surface area contributed by atoms with Crippen molar-refractivity contribution in [3.05, 3.63) is 35.4 Å². The monoisotopic (exact) mass is 261 g/mol. The van der Waals surface area contributed by atoms with Gasteiger partial charge in [-0.2, -0.15) is 0 Å². The molecular formula is C16H23NO2. The highest BCUT2D eigenvalue weighted by Crippen LogP contribution is 2.29. The van der Waals surface area contributed by atoms with Crippen LogP contribution in [0.1, 0.15) is 36.8 Å². The van der Waals surface area contributed by atoms with Gasteiger partial charge < -0.3 is 14.8 Å². The summed E-state index contributed by atoms with van der Waals surface area (Å²) in [7, 11) is 1.74. The van der Waals surface area contributed by atoms with Gasteiger partial charge >= 0.3 is 0 Å². The Morgan fingerprint density at radius 3 is 2.32 bits per heavy atom. The third-order valence-corrected chi connectivity index (χ3v) is 4.32. The second-order valence-corrected chi connectivity index (χ2v) is 5.74. The highest BCUT2D eigenvalue weighted by Gasteiger charge is 2.33. The first-order chi connectivity index (χ1) is 9.35. The molecule has 1 aromatic rings. The number of rotatable bonds is 5. The minimum absolute atomic E-state index is 0.425. The average Bonchev–Trinajstić information content (AvgIpc) is 2.77. The molecule has 0 spiro atoms. The molecular weight excluding hydrogens is 238 g/mol. The number of fused-ring (bicyclic) bond motifs is 2. The summed E-state index contributed by atoms with van der Waals surface area (Å²) in [6, 6.07) is 9.78. The van der Waals surface area contributed by atoms with Gasteiger partial charge in [0.2, 0.25) is 0 Å². The SMILES string of the molecule is COCc1ccccc1COC1C[C@H]2CC[C@@H](C1)N2. The van der Waals surface area contributed by atoms with Crippen LogP contribution in [0.2, 0.25) is 0 Å². The van der Waals surface area contributed by atoms with Crippen LogP contribution in [0.4, 0.5) is 0 Å². The van der Waals surface area contributed by atoms with E-state index in [9.17, 15) is 0 Å². The van der Waals surface area contributed by atoms with Crippen LogP contribution in [-0.4, -0.2) is 25.3 Å². The number of piperidine rings is 1. The van der Waals surface area contributed by atoms with Gasteiger partial charge in [-0.3, -0.25) is 0 Å². The maximum Gasteiger partial charge on any atom is 0.0724 e. The molecule has 2 aliphatic rings. The third kappa shape index (κ3) is 3.16. The van der Waals surface area contributed by atoms with E-state index >= 15 is 0 Å². The molecule has 1 N–H and O–H groups in total. The molecule has 3 atom stereocenters. The first-order valence-corrected chi connectivity index (χ1v) is 7.28. The van der Waals surface area contributed by atoms with Crippen LogP contribution in [0.15, 0.2) is 24.3 Å². The molecule has 2 heterocycles. The normalized spacial score (nSPS) is 29.6. The summed E-state index contributed by atoms with van der Waals surface area (Å²) < 4.78 is 11.4. The molecule has 0 aromatic heterocycles. The van der Waals surface area contributed by atoms with Gasteiger partial charge in [-0.15, -0.1) is 0 Å². The van der Waals surface area contributed by atoms with Crippen molar-refractivity contribution in [1.82, 2.24) is 5.32 Å². The topological polar surface area (TPSA) is 30.5 Å². The minimum Gasteiger partial charge on any atom is -0.380 e. The van der Waals surface area contributed by atoms with E-state index in [4.69, 9.17) is 9.47 Å². The van der Waals surface area contributed by atoms with Gasteiger partial charge in [0.25, 0.3) is 0 Å². The Balaban J connectivity index is 1.57. The molecule has 104 valence electrons. The maximum absolute atomic E-state index is 6.14. The van der Waals surface area contributed by atoms with Crippen LogP contribution in [0, 0.1) is 0 Å². The summed E-state index contributed by atoms with van der Waals surface area (Å²) in [4.78, 5) is 0. The van der Waals surface area contributed by atoms with E-state index in [1.54, 1.807) is 7.11 Å². The Kier molecular flexibility index (Phi) is 4.16. The number of hydrogen-bond donors (Lipinski definition) is 1. The fraction of sp³-hybridized carbons (Fsp3) is 0.625. The van der Waals surface area contributed by atoms with E-state index in [0.29, 0.717) is 31.4 Å². The van der Waals surface area contributed by atoms with E-state index in [-0.39, 0.29) is 0 Å². The fourth-order valence-electron chi connectivity index (χ4n) is 3.34. The van der Waals surface area contributed by atoms with E-state index in [1.807, 2.05) is 0 Å². The molecule has 3 rings (SSSR count). The highest BCUT2D eigenvalue weighted by molar-refractivity contribution is 5.25. The van der Waals surface area contributed by atoms with E-state index in [2.05, 4.69) is 29.6 Å². The van der Waals surface area contributed by atoms with E-state index in [1.165, 1.54) is 36.8 Å². The summed E-state index contributed by atoms with van der Waals surface area (Å²) in [6.45, 7) is 1.38. The molecule has 2 bridgehead atoms. The minimum atomic E-state index is 0.425. The van der Waals surface area contributed by atoms with Crippen molar-refractivity contribution in [2.75, 3.05) is 7.11 Å². The molecule has 19 heavy (non-hydrogen) atoms. The molecule has 1 unspecified atom stereocenters. The van der Waals surface area contributed by atoms with E-state index < -0.39 is 0 Å². The lowest BCUT2D eigenvalue weighted by molar-refractivity contribution is 0.00835. The number of benzene rings is 1. The predicted molar refractivity (Wildman–Crippen MR) is 74.9 cm³/mol.